The van der Waals surface area contributed by atoms with Gasteiger partial charge >= 0.3 is 6.18 Å². The summed E-state index contributed by atoms with van der Waals surface area (Å²) in [6, 6.07) is 0.705. The van der Waals surface area contributed by atoms with Crippen LogP contribution in [0.2, 0.25) is 5.15 Å². The van der Waals surface area contributed by atoms with Gasteiger partial charge in [-0.3, -0.25) is 0 Å². The average Bonchev–Trinajstić information content (AvgIpc) is 2.38. The number of pyridine rings is 1. The standard InChI is InChI=1S/C12H7ClF3N5/c13-10-7(11(18)21-5-20-10)2-1-6-4-19-9(17)3-8(6)12(14,15)16/h3-5H,(H2,17,19)(H2,18,20,21). The first-order valence-corrected chi connectivity index (χ1v) is 5.77. The van der Waals surface area contributed by atoms with Crippen LogP contribution in [0.1, 0.15) is 16.7 Å². The van der Waals surface area contributed by atoms with Crippen LogP contribution in [-0.2, 0) is 6.18 Å². The second-order valence-electron chi connectivity index (χ2n) is 3.83. The number of rotatable bonds is 0. The van der Waals surface area contributed by atoms with E-state index in [0.29, 0.717) is 6.07 Å². The molecule has 0 amide bonds. The molecule has 0 aromatic carbocycles. The van der Waals surface area contributed by atoms with Gasteiger partial charge in [0.15, 0.2) is 0 Å². The number of halogens is 4. The Bertz CT molecular complexity index is 729. The number of nitrogens with zero attached hydrogens (tertiary/aromatic N) is 3. The molecular formula is C12H7ClF3N5. The third kappa shape index (κ3) is 3.32. The Hall–Kier alpha value is -2.53. The Labute approximate surface area is 122 Å². The molecule has 0 spiro atoms. The number of hydrogen-bond donors (Lipinski definition) is 2. The summed E-state index contributed by atoms with van der Waals surface area (Å²) in [5.41, 5.74) is 9.50. The van der Waals surface area contributed by atoms with Crippen LogP contribution < -0.4 is 11.5 Å². The molecule has 0 atom stereocenters. The lowest BCUT2D eigenvalue weighted by Crippen LogP contribution is -2.09. The van der Waals surface area contributed by atoms with E-state index in [1.165, 1.54) is 0 Å². The fourth-order valence-electron chi connectivity index (χ4n) is 1.43. The SMILES string of the molecule is Nc1cc(C(F)(F)F)c(C#Cc2c(N)ncnc2Cl)cn1. The van der Waals surface area contributed by atoms with Gasteiger partial charge in [0.2, 0.25) is 0 Å². The molecule has 0 saturated carbocycles. The summed E-state index contributed by atoms with van der Waals surface area (Å²) in [6.07, 6.45) is -2.56. The lowest BCUT2D eigenvalue weighted by Gasteiger charge is -2.09. The number of aromatic nitrogens is 3. The average molecular weight is 314 g/mol. The summed E-state index contributed by atoms with van der Waals surface area (Å²) in [5, 5.41) is -0.0491. The topological polar surface area (TPSA) is 90.7 Å². The van der Waals surface area contributed by atoms with Crippen LogP contribution in [0.4, 0.5) is 24.8 Å². The molecule has 0 aliphatic rings. The van der Waals surface area contributed by atoms with E-state index in [9.17, 15) is 13.2 Å². The van der Waals surface area contributed by atoms with E-state index in [4.69, 9.17) is 23.1 Å². The van der Waals surface area contributed by atoms with Crippen molar-refractivity contribution in [1.29, 1.82) is 0 Å². The molecule has 0 fully saturated rings. The molecule has 2 aromatic rings. The minimum Gasteiger partial charge on any atom is -0.384 e. The van der Waals surface area contributed by atoms with Crippen LogP contribution in [0.5, 0.6) is 0 Å². The Morgan fingerprint density at radius 2 is 1.81 bits per heavy atom. The van der Waals surface area contributed by atoms with Crippen molar-refractivity contribution in [3.8, 4) is 11.8 Å². The van der Waals surface area contributed by atoms with Crippen molar-refractivity contribution >= 4 is 23.2 Å². The zero-order valence-corrected chi connectivity index (χ0v) is 11.0. The van der Waals surface area contributed by atoms with Crippen molar-refractivity contribution in [2.45, 2.75) is 6.18 Å². The highest BCUT2D eigenvalue weighted by atomic mass is 35.5. The zero-order valence-electron chi connectivity index (χ0n) is 10.2. The van der Waals surface area contributed by atoms with Crippen molar-refractivity contribution in [2.24, 2.45) is 0 Å². The molecular weight excluding hydrogens is 307 g/mol. The molecule has 9 heteroatoms. The van der Waals surface area contributed by atoms with Gasteiger partial charge in [-0.05, 0) is 6.07 Å². The van der Waals surface area contributed by atoms with Gasteiger partial charge in [-0.1, -0.05) is 23.4 Å². The molecule has 0 aliphatic heterocycles. The van der Waals surface area contributed by atoms with E-state index < -0.39 is 11.7 Å². The molecule has 0 unspecified atom stereocenters. The molecule has 0 radical (unpaired) electrons. The van der Waals surface area contributed by atoms with Gasteiger partial charge in [0.1, 0.15) is 28.7 Å². The molecule has 21 heavy (non-hydrogen) atoms. The van der Waals surface area contributed by atoms with Crippen LogP contribution in [0, 0.1) is 11.8 Å². The quantitative estimate of drug-likeness (QED) is 0.574. The summed E-state index contributed by atoms with van der Waals surface area (Å²) in [6.45, 7) is 0. The first-order chi connectivity index (χ1) is 9.79. The van der Waals surface area contributed by atoms with E-state index >= 15 is 0 Å². The van der Waals surface area contributed by atoms with E-state index in [2.05, 4.69) is 26.8 Å². The maximum absolute atomic E-state index is 12.9. The first-order valence-electron chi connectivity index (χ1n) is 5.39. The van der Waals surface area contributed by atoms with Gasteiger partial charge in [-0.25, -0.2) is 15.0 Å². The van der Waals surface area contributed by atoms with E-state index in [1.54, 1.807) is 0 Å². The fraction of sp³-hybridized carbons (Fsp3) is 0.0833. The first kappa shape index (κ1) is 14.9. The zero-order chi connectivity index (χ0) is 15.6. The molecule has 2 heterocycles. The highest BCUT2D eigenvalue weighted by Crippen LogP contribution is 2.32. The number of hydrogen-bond acceptors (Lipinski definition) is 5. The molecule has 2 aromatic heterocycles. The van der Waals surface area contributed by atoms with E-state index in [1.807, 2.05) is 0 Å². The number of nitrogens with two attached hydrogens (primary N) is 2. The highest BCUT2D eigenvalue weighted by molar-refractivity contribution is 6.30. The maximum atomic E-state index is 12.9. The van der Waals surface area contributed by atoms with Gasteiger partial charge in [-0.15, -0.1) is 0 Å². The molecule has 0 saturated heterocycles. The number of alkyl halides is 3. The van der Waals surface area contributed by atoms with Crippen LogP contribution >= 0.6 is 11.6 Å². The molecule has 2 rings (SSSR count). The van der Waals surface area contributed by atoms with Crippen LogP contribution in [0.15, 0.2) is 18.6 Å². The van der Waals surface area contributed by atoms with Gasteiger partial charge in [0, 0.05) is 6.20 Å². The van der Waals surface area contributed by atoms with Crippen LogP contribution in [0.25, 0.3) is 0 Å². The maximum Gasteiger partial charge on any atom is 0.417 e. The van der Waals surface area contributed by atoms with Crippen molar-refractivity contribution in [3.63, 3.8) is 0 Å². The van der Waals surface area contributed by atoms with E-state index in [0.717, 1.165) is 12.5 Å². The molecule has 5 nitrogen and oxygen atoms in total. The van der Waals surface area contributed by atoms with Crippen LogP contribution in [0.3, 0.4) is 0 Å². The van der Waals surface area contributed by atoms with Crippen LogP contribution in [-0.4, -0.2) is 15.0 Å². The van der Waals surface area contributed by atoms with Crippen molar-refractivity contribution in [2.75, 3.05) is 11.5 Å². The third-order valence-electron chi connectivity index (χ3n) is 2.38. The predicted octanol–water partition coefficient (Wildman–Crippen LogP) is 2.11. The molecule has 0 aliphatic carbocycles. The van der Waals surface area contributed by atoms with Gasteiger partial charge in [0.05, 0.1) is 11.1 Å². The monoisotopic (exact) mass is 313 g/mol. The third-order valence-corrected chi connectivity index (χ3v) is 2.67. The Balaban J connectivity index is 2.54. The molecule has 4 N–H and O–H groups in total. The Kier molecular flexibility index (Phi) is 3.86. The summed E-state index contributed by atoms with van der Waals surface area (Å²) < 4.78 is 38.7. The molecule has 108 valence electrons. The van der Waals surface area contributed by atoms with Crippen molar-refractivity contribution in [3.05, 3.63) is 40.4 Å². The summed E-state index contributed by atoms with van der Waals surface area (Å²) in [5.74, 6) is 4.44. The Morgan fingerprint density at radius 3 is 2.43 bits per heavy atom. The predicted molar refractivity (Wildman–Crippen MR) is 71.1 cm³/mol. The second kappa shape index (κ2) is 5.46. The van der Waals surface area contributed by atoms with Gasteiger partial charge < -0.3 is 11.5 Å². The summed E-state index contributed by atoms with van der Waals surface area (Å²) in [7, 11) is 0. The minimum absolute atomic E-state index is 0.0283. The highest BCUT2D eigenvalue weighted by Gasteiger charge is 2.33. The smallest absolute Gasteiger partial charge is 0.384 e. The van der Waals surface area contributed by atoms with E-state index in [-0.39, 0.29) is 27.9 Å². The largest absolute Gasteiger partial charge is 0.417 e. The van der Waals surface area contributed by atoms with Crippen molar-refractivity contribution < 1.29 is 13.2 Å². The lowest BCUT2D eigenvalue weighted by molar-refractivity contribution is -0.137. The fourth-order valence-corrected chi connectivity index (χ4v) is 1.62. The minimum atomic E-state index is -4.61. The van der Waals surface area contributed by atoms with Gasteiger partial charge in [-0.2, -0.15) is 13.2 Å². The summed E-state index contributed by atoms with van der Waals surface area (Å²) in [4.78, 5) is 10.9. The number of anilines is 2. The van der Waals surface area contributed by atoms with Gasteiger partial charge in [0.25, 0.3) is 0 Å². The second-order valence-corrected chi connectivity index (χ2v) is 4.19. The molecule has 0 bridgehead atoms. The van der Waals surface area contributed by atoms with Crippen molar-refractivity contribution in [1.82, 2.24) is 15.0 Å². The number of nitrogen functional groups attached to an aromatic ring is 2. The summed E-state index contributed by atoms with van der Waals surface area (Å²) >= 11 is 5.76. The normalized spacial score (nSPS) is 10.9. The lowest BCUT2D eigenvalue weighted by atomic mass is 10.1. The Morgan fingerprint density at radius 1 is 1.10 bits per heavy atom.